The van der Waals surface area contributed by atoms with Gasteiger partial charge in [-0.05, 0) is 50.4 Å². The lowest BCUT2D eigenvalue weighted by molar-refractivity contribution is 0.0759. The van der Waals surface area contributed by atoms with Gasteiger partial charge in [0.15, 0.2) is 0 Å². The maximum absolute atomic E-state index is 6.08. The van der Waals surface area contributed by atoms with Crippen LogP contribution in [0.2, 0.25) is 0 Å². The molecular weight excluding hydrogens is 278 g/mol. The molecule has 0 bridgehead atoms. The molecule has 2 aromatic carbocycles. The molecular formula is C18H21NOS. The highest BCUT2D eigenvalue weighted by Crippen LogP contribution is 2.40. The summed E-state index contributed by atoms with van der Waals surface area (Å²) in [6.07, 6.45) is 3.05. The molecule has 0 spiro atoms. The molecule has 1 aliphatic heterocycles. The van der Waals surface area contributed by atoms with Crippen molar-refractivity contribution in [1.29, 1.82) is 0 Å². The molecule has 110 valence electrons. The fraction of sp³-hybridized carbons (Fsp3) is 0.333. The van der Waals surface area contributed by atoms with Gasteiger partial charge in [-0.3, -0.25) is 0 Å². The number of thioether (sulfide) groups is 1. The van der Waals surface area contributed by atoms with E-state index in [9.17, 15) is 0 Å². The van der Waals surface area contributed by atoms with Crippen molar-refractivity contribution < 1.29 is 4.74 Å². The van der Waals surface area contributed by atoms with E-state index in [-0.39, 0.29) is 11.6 Å². The third kappa shape index (κ3) is 3.18. The number of anilines is 1. The molecule has 21 heavy (non-hydrogen) atoms. The van der Waals surface area contributed by atoms with Crippen LogP contribution in [0.4, 0.5) is 5.69 Å². The molecule has 1 atom stereocenters. The molecule has 0 saturated carbocycles. The molecule has 1 aliphatic rings. The Hall–Kier alpha value is -1.61. The standard InChI is InChI=1S/C18H21NOS/c1-18(2)12-16(15-6-4-5-7-17(15)20-18)19-13-8-10-14(21-3)11-9-13/h4-11,16,19H,12H2,1-3H3. The van der Waals surface area contributed by atoms with Gasteiger partial charge in [-0.15, -0.1) is 11.8 Å². The van der Waals surface area contributed by atoms with Gasteiger partial charge in [-0.2, -0.15) is 0 Å². The van der Waals surface area contributed by atoms with E-state index in [2.05, 4.69) is 67.9 Å². The Kier molecular flexibility index (Phi) is 3.85. The predicted octanol–water partition coefficient (Wildman–Crippen LogP) is 5.12. The molecule has 0 aliphatic carbocycles. The first-order valence-corrected chi connectivity index (χ1v) is 8.48. The van der Waals surface area contributed by atoms with Crippen LogP contribution >= 0.6 is 11.8 Å². The lowest BCUT2D eigenvalue weighted by atomic mass is 9.89. The highest BCUT2D eigenvalue weighted by molar-refractivity contribution is 7.98. The molecule has 0 aromatic heterocycles. The minimum Gasteiger partial charge on any atom is -0.487 e. The Morgan fingerprint density at radius 3 is 2.52 bits per heavy atom. The summed E-state index contributed by atoms with van der Waals surface area (Å²) < 4.78 is 6.08. The molecule has 0 radical (unpaired) electrons. The first-order chi connectivity index (χ1) is 10.1. The van der Waals surface area contributed by atoms with Gasteiger partial charge in [0, 0.05) is 22.6 Å². The summed E-state index contributed by atoms with van der Waals surface area (Å²) in [6.45, 7) is 4.29. The number of fused-ring (bicyclic) bond motifs is 1. The number of hydrogen-bond donors (Lipinski definition) is 1. The minimum atomic E-state index is -0.148. The van der Waals surface area contributed by atoms with Gasteiger partial charge in [-0.25, -0.2) is 0 Å². The summed E-state index contributed by atoms with van der Waals surface area (Å²) in [7, 11) is 0. The van der Waals surface area contributed by atoms with Crippen molar-refractivity contribution >= 4 is 17.4 Å². The van der Waals surface area contributed by atoms with E-state index < -0.39 is 0 Å². The maximum Gasteiger partial charge on any atom is 0.125 e. The van der Waals surface area contributed by atoms with Gasteiger partial charge >= 0.3 is 0 Å². The summed E-state index contributed by atoms with van der Waals surface area (Å²) in [5.74, 6) is 0.993. The van der Waals surface area contributed by atoms with Crippen molar-refractivity contribution in [2.75, 3.05) is 11.6 Å². The van der Waals surface area contributed by atoms with Crippen molar-refractivity contribution in [2.45, 2.75) is 36.8 Å². The number of hydrogen-bond acceptors (Lipinski definition) is 3. The third-order valence-electron chi connectivity index (χ3n) is 3.81. The number of nitrogens with one attached hydrogen (secondary N) is 1. The summed E-state index contributed by atoms with van der Waals surface area (Å²) >= 11 is 1.76. The topological polar surface area (TPSA) is 21.3 Å². The van der Waals surface area contributed by atoms with Crippen molar-refractivity contribution in [3.63, 3.8) is 0 Å². The van der Waals surface area contributed by atoms with Crippen molar-refractivity contribution in [3.05, 3.63) is 54.1 Å². The number of rotatable bonds is 3. The van der Waals surface area contributed by atoms with Crippen LogP contribution in [-0.2, 0) is 0 Å². The summed E-state index contributed by atoms with van der Waals surface area (Å²) in [6, 6.07) is 17.2. The van der Waals surface area contributed by atoms with E-state index in [1.807, 2.05) is 6.07 Å². The van der Waals surface area contributed by atoms with Crippen LogP contribution in [0.5, 0.6) is 5.75 Å². The smallest absolute Gasteiger partial charge is 0.125 e. The molecule has 2 aromatic rings. The maximum atomic E-state index is 6.08. The van der Waals surface area contributed by atoms with Gasteiger partial charge < -0.3 is 10.1 Å². The van der Waals surface area contributed by atoms with Gasteiger partial charge in [-0.1, -0.05) is 18.2 Å². The molecule has 3 rings (SSSR count). The van der Waals surface area contributed by atoms with Crippen molar-refractivity contribution in [3.8, 4) is 5.75 Å². The number of benzene rings is 2. The minimum absolute atomic E-state index is 0.148. The van der Waals surface area contributed by atoms with E-state index in [4.69, 9.17) is 4.74 Å². The predicted molar refractivity (Wildman–Crippen MR) is 90.4 cm³/mol. The van der Waals surface area contributed by atoms with E-state index in [1.54, 1.807) is 11.8 Å². The first-order valence-electron chi connectivity index (χ1n) is 7.26. The molecule has 0 fully saturated rings. The van der Waals surface area contributed by atoms with Crippen molar-refractivity contribution in [1.82, 2.24) is 0 Å². The molecule has 0 amide bonds. The largest absolute Gasteiger partial charge is 0.487 e. The van der Waals surface area contributed by atoms with Gasteiger partial charge in [0.1, 0.15) is 11.4 Å². The zero-order valence-corrected chi connectivity index (χ0v) is 13.5. The Morgan fingerprint density at radius 1 is 1.10 bits per heavy atom. The van der Waals surface area contributed by atoms with Gasteiger partial charge in [0.05, 0.1) is 6.04 Å². The number of ether oxygens (including phenoxy) is 1. The molecule has 2 nitrogen and oxygen atoms in total. The van der Waals surface area contributed by atoms with E-state index in [0.29, 0.717) is 0 Å². The average molecular weight is 299 g/mol. The van der Waals surface area contributed by atoms with E-state index in [1.165, 1.54) is 10.5 Å². The molecule has 1 heterocycles. The van der Waals surface area contributed by atoms with Crippen LogP contribution in [0.1, 0.15) is 31.9 Å². The fourth-order valence-electron chi connectivity index (χ4n) is 2.82. The highest BCUT2D eigenvalue weighted by Gasteiger charge is 2.33. The van der Waals surface area contributed by atoms with Crippen LogP contribution in [0, 0.1) is 0 Å². The van der Waals surface area contributed by atoms with E-state index in [0.717, 1.165) is 17.9 Å². The lowest BCUT2D eigenvalue weighted by Gasteiger charge is -2.38. The van der Waals surface area contributed by atoms with Gasteiger partial charge in [0.25, 0.3) is 0 Å². The summed E-state index contributed by atoms with van der Waals surface area (Å²) in [5, 5.41) is 3.65. The van der Waals surface area contributed by atoms with Crippen LogP contribution in [-0.4, -0.2) is 11.9 Å². The molecule has 3 heteroatoms. The van der Waals surface area contributed by atoms with Crippen LogP contribution in [0.25, 0.3) is 0 Å². The average Bonchev–Trinajstić information content (AvgIpc) is 2.47. The van der Waals surface area contributed by atoms with Gasteiger partial charge in [0.2, 0.25) is 0 Å². The summed E-state index contributed by atoms with van der Waals surface area (Å²) in [4.78, 5) is 1.29. The summed E-state index contributed by atoms with van der Waals surface area (Å²) in [5.41, 5.74) is 2.25. The SMILES string of the molecule is CSc1ccc(NC2CC(C)(C)Oc3ccccc32)cc1. The first kappa shape index (κ1) is 14.3. The van der Waals surface area contributed by atoms with Crippen molar-refractivity contribution in [2.24, 2.45) is 0 Å². The molecule has 1 N–H and O–H groups in total. The van der Waals surface area contributed by atoms with Crippen LogP contribution in [0.3, 0.4) is 0 Å². The second-order valence-electron chi connectivity index (χ2n) is 6.03. The fourth-order valence-corrected chi connectivity index (χ4v) is 3.23. The monoisotopic (exact) mass is 299 g/mol. The molecule has 1 unspecified atom stereocenters. The zero-order chi connectivity index (χ0) is 14.9. The third-order valence-corrected chi connectivity index (χ3v) is 4.55. The zero-order valence-electron chi connectivity index (χ0n) is 12.7. The second kappa shape index (κ2) is 5.64. The van der Waals surface area contributed by atoms with E-state index >= 15 is 0 Å². The lowest BCUT2D eigenvalue weighted by Crippen LogP contribution is -2.37. The molecule has 0 saturated heterocycles. The second-order valence-corrected chi connectivity index (χ2v) is 6.91. The Balaban J connectivity index is 1.87. The quantitative estimate of drug-likeness (QED) is 0.795. The Morgan fingerprint density at radius 2 is 1.81 bits per heavy atom. The highest BCUT2D eigenvalue weighted by atomic mass is 32.2. The number of para-hydroxylation sites is 1. The van der Waals surface area contributed by atoms with Crippen LogP contribution in [0.15, 0.2) is 53.4 Å². The van der Waals surface area contributed by atoms with Crippen LogP contribution < -0.4 is 10.1 Å². The Labute approximate surface area is 130 Å². The normalized spacial score (nSPS) is 19.5. The Bertz CT molecular complexity index is 621.